The van der Waals surface area contributed by atoms with Crippen molar-refractivity contribution in [1.29, 1.82) is 5.26 Å². The molecule has 4 heteroatoms. The van der Waals surface area contributed by atoms with Crippen molar-refractivity contribution in [2.75, 3.05) is 7.05 Å². The van der Waals surface area contributed by atoms with Gasteiger partial charge >= 0.3 is 0 Å². The van der Waals surface area contributed by atoms with Crippen LogP contribution in [-0.2, 0) is 24.3 Å². The lowest BCUT2D eigenvalue weighted by Gasteiger charge is -2.15. The summed E-state index contributed by atoms with van der Waals surface area (Å²) in [5, 5.41) is 9.95. The zero-order chi connectivity index (χ0) is 19.9. The fraction of sp³-hybridized carbons (Fsp3) is 0.250. The topological polar surface area (TPSA) is 49.0 Å². The maximum Gasteiger partial charge on any atom is 0.246 e. The summed E-state index contributed by atoms with van der Waals surface area (Å²) >= 11 is 0. The van der Waals surface area contributed by atoms with E-state index in [0.717, 1.165) is 28.5 Å². The second-order valence-electron chi connectivity index (χ2n) is 6.90. The van der Waals surface area contributed by atoms with Crippen LogP contribution in [0.15, 0.2) is 60.8 Å². The predicted octanol–water partition coefficient (Wildman–Crippen LogP) is 4.79. The molecule has 0 saturated heterocycles. The lowest BCUT2D eigenvalue weighted by Crippen LogP contribution is -2.24. The first-order valence-electron chi connectivity index (χ1n) is 9.58. The van der Waals surface area contributed by atoms with Gasteiger partial charge in [0.2, 0.25) is 5.91 Å². The van der Waals surface area contributed by atoms with E-state index in [9.17, 15) is 4.79 Å². The molecule has 0 saturated carbocycles. The van der Waals surface area contributed by atoms with E-state index in [1.165, 1.54) is 5.56 Å². The van der Waals surface area contributed by atoms with Crippen molar-refractivity contribution in [2.45, 2.75) is 32.9 Å². The number of aromatic nitrogens is 1. The largest absolute Gasteiger partial charge is 0.346 e. The van der Waals surface area contributed by atoms with E-state index in [-0.39, 0.29) is 5.91 Å². The summed E-state index contributed by atoms with van der Waals surface area (Å²) in [6.07, 6.45) is 6.97. The van der Waals surface area contributed by atoms with Crippen LogP contribution in [0.4, 0.5) is 0 Å². The van der Waals surface area contributed by atoms with Gasteiger partial charge in [-0.05, 0) is 29.7 Å². The molecule has 4 nitrogen and oxygen atoms in total. The molecule has 0 unspecified atom stereocenters. The number of fused-ring (bicyclic) bond motifs is 1. The molecule has 0 N–H and O–H groups in total. The van der Waals surface area contributed by atoms with Crippen molar-refractivity contribution in [2.24, 2.45) is 0 Å². The molecule has 3 rings (SSSR count). The summed E-state index contributed by atoms with van der Waals surface area (Å²) in [7, 11) is 1.82. The molecule has 0 aliphatic carbocycles. The van der Waals surface area contributed by atoms with Gasteiger partial charge in [-0.25, -0.2) is 0 Å². The number of aryl methyl sites for hydroxylation is 2. The number of rotatable bonds is 7. The molecule has 1 aromatic heterocycles. The minimum Gasteiger partial charge on any atom is -0.346 e. The quantitative estimate of drug-likeness (QED) is 0.561. The second-order valence-corrected chi connectivity index (χ2v) is 6.90. The van der Waals surface area contributed by atoms with Gasteiger partial charge in [0.1, 0.15) is 0 Å². The molecule has 0 radical (unpaired) electrons. The standard InChI is InChI=1S/C24H25N3O/c1-3-19-9-11-20(12-10-19)17-26(2)24(28)14-13-21-18-27(16-6-15-25)23-8-5-4-7-22(21)23/h4-5,7-14,18H,3,6,16-17H2,1-2H3/b14-13+. The molecule has 0 atom stereocenters. The third-order valence-corrected chi connectivity index (χ3v) is 4.92. The Morgan fingerprint density at radius 1 is 1.14 bits per heavy atom. The lowest BCUT2D eigenvalue weighted by atomic mass is 10.1. The molecule has 0 fully saturated rings. The monoisotopic (exact) mass is 371 g/mol. The van der Waals surface area contributed by atoms with Crippen molar-refractivity contribution < 1.29 is 4.79 Å². The van der Waals surface area contributed by atoms with E-state index >= 15 is 0 Å². The van der Waals surface area contributed by atoms with Gasteiger partial charge < -0.3 is 9.47 Å². The number of amides is 1. The highest BCUT2D eigenvalue weighted by Gasteiger charge is 2.09. The Kier molecular flexibility index (Phi) is 6.29. The summed E-state index contributed by atoms with van der Waals surface area (Å²) in [4.78, 5) is 14.3. The van der Waals surface area contributed by atoms with Gasteiger partial charge in [-0.2, -0.15) is 5.26 Å². The van der Waals surface area contributed by atoms with Gasteiger partial charge in [0.25, 0.3) is 0 Å². The van der Waals surface area contributed by atoms with Gasteiger partial charge in [0.15, 0.2) is 0 Å². The average Bonchev–Trinajstić information content (AvgIpc) is 3.08. The normalized spacial score (nSPS) is 11.0. The van der Waals surface area contributed by atoms with E-state index in [1.54, 1.807) is 11.0 Å². The van der Waals surface area contributed by atoms with Crippen molar-refractivity contribution in [3.63, 3.8) is 0 Å². The highest BCUT2D eigenvalue weighted by atomic mass is 16.2. The summed E-state index contributed by atoms with van der Waals surface area (Å²) in [5.74, 6) is -0.0339. The third-order valence-electron chi connectivity index (χ3n) is 4.92. The molecule has 0 aliphatic heterocycles. The maximum atomic E-state index is 12.5. The lowest BCUT2D eigenvalue weighted by molar-refractivity contribution is -0.125. The smallest absolute Gasteiger partial charge is 0.246 e. The van der Waals surface area contributed by atoms with E-state index in [0.29, 0.717) is 19.5 Å². The van der Waals surface area contributed by atoms with Gasteiger partial charge in [0, 0.05) is 48.9 Å². The highest BCUT2D eigenvalue weighted by Crippen LogP contribution is 2.23. The molecule has 0 aliphatic rings. The maximum absolute atomic E-state index is 12.5. The van der Waals surface area contributed by atoms with Crippen LogP contribution in [0.2, 0.25) is 0 Å². The zero-order valence-corrected chi connectivity index (χ0v) is 16.4. The van der Waals surface area contributed by atoms with E-state index < -0.39 is 0 Å². The number of carbonyl (C=O) groups is 1. The average molecular weight is 371 g/mol. The number of likely N-dealkylation sites (N-methyl/N-ethyl adjacent to an activating group) is 1. The Morgan fingerprint density at radius 2 is 1.86 bits per heavy atom. The number of hydrogen-bond donors (Lipinski definition) is 0. The number of para-hydroxylation sites is 1. The summed E-state index contributed by atoms with van der Waals surface area (Å²) in [6, 6.07) is 18.6. The second kappa shape index (κ2) is 9.05. The minimum absolute atomic E-state index is 0.0339. The van der Waals surface area contributed by atoms with Crippen LogP contribution in [0.5, 0.6) is 0 Å². The van der Waals surface area contributed by atoms with Crippen LogP contribution in [-0.4, -0.2) is 22.4 Å². The summed E-state index contributed by atoms with van der Waals surface area (Å²) in [5.41, 5.74) is 4.48. The van der Waals surface area contributed by atoms with Crippen LogP contribution in [0.3, 0.4) is 0 Å². The van der Waals surface area contributed by atoms with E-state index in [1.807, 2.05) is 43.6 Å². The first kappa shape index (κ1) is 19.4. The van der Waals surface area contributed by atoms with Crippen molar-refractivity contribution in [3.05, 3.63) is 77.5 Å². The van der Waals surface area contributed by atoms with Gasteiger partial charge in [-0.15, -0.1) is 0 Å². The first-order chi connectivity index (χ1) is 13.6. The minimum atomic E-state index is -0.0339. The zero-order valence-electron chi connectivity index (χ0n) is 16.4. The fourth-order valence-corrected chi connectivity index (χ4v) is 3.28. The highest BCUT2D eigenvalue weighted by molar-refractivity contribution is 5.96. The predicted molar refractivity (Wildman–Crippen MR) is 113 cm³/mol. The third kappa shape index (κ3) is 4.50. The number of nitriles is 1. The van der Waals surface area contributed by atoms with Crippen molar-refractivity contribution in [3.8, 4) is 6.07 Å². The first-order valence-corrected chi connectivity index (χ1v) is 9.58. The molecule has 142 valence electrons. The molecule has 1 heterocycles. The molecule has 0 spiro atoms. The molecule has 0 bridgehead atoms. The number of carbonyl (C=O) groups excluding carboxylic acids is 1. The summed E-state index contributed by atoms with van der Waals surface area (Å²) < 4.78 is 2.07. The molecule has 1 amide bonds. The molecular formula is C24H25N3O. The van der Waals surface area contributed by atoms with Gasteiger partial charge in [-0.3, -0.25) is 4.79 Å². The van der Waals surface area contributed by atoms with Crippen LogP contribution >= 0.6 is 0 Å². The Morgan fingerprint density at radius 3 is 2.57 bits per heavy atom. The van der Waals surface area contributed by atoms with Crippen molar-refractivity contribution in [1.82, 2.24) is 9.47 Å². The molecular weight excluding hydrogens is 346 g/mol. The summed E-state index contributed by atoms with van der Waals surface area (Å²) in [6.45, 7) is 3.36. The Balaban J connectivity index is 1.73. The molecule has 28 heavy (non-hydrogen) atoms. The Bertz CT molecular complexity index is 1020. The van der Waals surface area contributed by atoms with Crippen LogP contribution in [0.25, 0.3) is 17.0 Å². The Labute approximate surface area is 166 Å². The van der Waals surface area contributed by atoms with Crippen molar-refractivity contribution >= 4 is 22.9 Å². The number of benzene rings is 2. The van der Waals surface area contributed by atoms with Crippen LogP contribution in [0.1, 0.15) is 30.0 Å². The Hall–Kier alpha value is -3.32. The van der Waals surface area contributed by atoms with Crippen LogP contribution < -0.4 is 0 Å². The van der Waals surface area contributed by atoms with Gasteiger partial charge in [0.05, 0.1) is 12.5 Å². The number of nitrogens with zero attached hydrogens (tertiary/aromatic N) is 3. The number of hydrogen-bond acceptors (Lipinski definition) is 2. The van der Waals surface area contributed by atoms with E-state index in [4.69, 9.17) is 5.26 Å². The van der Waals surface area contributed by atoms with Gasteiger partial charge in [-0.1, -0.05) is 49.4 Å². The molecule has 3 aromatic rings. The van der Waals surface area contributed by atoms with Crippen LogP contribution in [0, 0.1) is 11.3 Å². The SMILES string of the molecule is CCc1ccc(CN(C)C(=O)/C=C/c2cn(CCC#N)c3ccccc23)cc1. The molecule has 2 aromatic carbocycles. The fourth-order valence-electron chi connectivity index (χ4n) is 3.28. The van der Waals surface area contributed by atoms with E-state index in [2.05, 4.69) is 41.8 Å².